The molecule has 2 amide bonds. The van der Waals surface area contributed by atoms with E-state index in [0.29, 0.717) is 23.7 Å². The van der Waals surface area contributed by atoms with E-state index >= 15 is 0 Å². The third-order valence-corrected chi connectivity index (χ3v) is 4.90. The summed E-state index contributed by atoms with van der Waals surface area (Å²) in [6.07, 6.45) is 4.06. The van der Waals surface area contributed by atoms with Crippen LogP contribution in [0.1, 0.15) is 38.2 Å². The molecule has 7 heteroatoms. The van der Waals surface area contributed by atoms with Gasteiger partial charge < -0.3 is 0 Å². The van der Waals surface area contributed by atoms with Gasteiger partial charge in [0.05, 0.1) is 10.2 Å². The van der Waals surface area contributed by atoms with Crippen LogP contribution in [0, 0.1) is 0 Å². The number of nitrogens with zero attached hydrogens (tertiary/aromatic N) is 3. The van der Waals surface area contributed by atoms with Gasteiger partial charge in [-0.3, -0.25) is 14.9 Å². The predicted octanol–water partition coefficient (Wildman–Crippen LogP) is 3.19. The van der Waals surface area contributed by atoms with Gasteiger partial charge in [0.25, 0.3) is 5.91 Å². The molecule has 0 spiro atoms. The predicted molar refractivity (Wildman–Crippen MR) is 96.3 cm³/mol. The third kappa shape index (κ3) is 3.62. The van der Waals surface area contributed by atoms with Crippen LogP contribution in [0.5, 0.6) is 0 Å². The number of hydrogen-bond donors (Lipinski definition) is 1. The molecule has 0 saturated carbocycles. The van der Waals surface area contributed by atoms with Crippen LogP contribution in [-0.2, 0) is 16.0 Å². The van der Waals surface area contributed by atoms with Gasteiger partial charge in [-0.1, -0.05) is 30.7 Å². The summed E-state index contributed by atoms with van der Waals surface area (Å²) < 4.78 is 1.07. The Morgan fingerprint density at radius 2 is 2.21 bits per heavy atom. The van der Waals surface area contributed by atoms with Gasteiger partial charge in [-0.05, 0) is 30.5 Å². The van der Waals surface area contributed by atoms with Crippen molar-refractivity contribution in [3.05, 3.63) is 23.8 Å². The smallest absolute Gasteiger partial charge is 0.273 e. The molecule has 1 aliphatic heterocycles. The maximum absolute atomic E-state index is 12.3. The molecule has 2 aromatic rings. The Labute approximate surface area is 144 Å². The molecule has 126 valence electrons. The van der Waals surface area contributed by atoms with E-state index in [9.17, 15) is 9.59 Å². The van der Waals surface area contributed by atoms with E-state index in [1.807, 2.05) is 6.07 Å². The van der Waals surface area contributed by atoms with Gasteiger partial charge in [-0.2, -0.15) is 5.10 Å². The standard InChI is InChI=1S/C17H20N4O2S/c1-3-4-5-11-6-7-12-14(10-11)24-17(18-12)19-16(23)13-8-9-15(22)21(2)20-13/h6-7,10H,3-5,8-9H2,1-2H3,(H,18,19,23). The third-order valence-electron chi connectivity index (χ3n) is 3.96. The van der Waals surface area contributed by atoms with Crippen molar-refractivity contribution in [2.75, 3.05) is 12.4 Å². The van der Waals surface area contributed by atoms with Crippen LogP contribution in [0.4, 0.5) is 5.13 Å². The van der Waals surface area contributed by atoms with Gasteiger partial charge in [0.2, 0.25) is 5.91 Å². The first-order valence-corrected chi connectivity index (χ1v) is 8.93. The number of thiazole rings is 1. The Kier molecular flexibility index (Phi) is 4.89. The normalized spacial score (nSPS) is 14.8. The van der Waals surface area contributed by atoms with E-state index in [1.165, 1.54) is 34.8 Å². The van der Waals surface area contributed by atoms with Crippen LogP contribution >= 0.6 is 11.3 Å². The largest absolute Gasteiger partial charge is 0.297 e. The molecule has 1 N–H and O–H groups in total. The molecule has 0 aliphatic carbocycles. The number of aromatic nitrogens is 1. The van der Waals surface area contributed by atoms with Crippen molar-refractivity contribution in [2.24, 2.45) is 5.10 Å². The van der Waals surface area contributed by atoms with E-state index in [1.54, 1.807) is 7.05 Å². The Morgan fingerprint density at radius 3 is 2.96 bits per heavy atom. The van der Waals surface area contributed by atoms with E-state index in [-0.39, 0.29) is 11.8 Å². The van der Waals surface area contributed by atoms with Crippen molar-refractivity contribution in [1.29, 1.82) is 0 Å². The highest BCUT2D eigenvalue weighted by Gasteiger charge is 2.22. The van der Waals surface area contributed by atoms with Crippen molar-refractivity contribution in [2.45, 2.75) is 39.0 Å². The van der Waals surface area contributed by atoms with Gasteiger partial charge in [0.15, 0.2) is 5.13 Å². The molecule has 1 aromatic heterocycles. The number of rotatable bonds is 5. The average molecular weight is 344 g/mol. The summed E-state index contributed by atoms with van der Waals surface area (Å²) in [6, 6.07) is 6.23. The summed E-state index contributed by atoms with van der Waals surface area (Å²) in [5.41, 5.74) is 2.54. The van der Waals surface area contributed by atoms with Gasteiger partial charge in [0, 0.05) is 19.9 Å². The number of benzene rings is 1. The summed E-state index contributed by atoms with van der Waals surface area (Å²) >= 11 is 1.46. The minimum Gasteiger partial charge on any atom is -0.297 e. The fourth-order valence-corrected chi connectivity index (χ4v) is 3.49. The number of carbonyl (C=O) groups is 2. The SMILES string of the molecule is CCCCc1ccc2nc(NC(=O)C3=NN(C)C(=O)CC3)sc2c1. The summed E-state index contributed by atoms with van der Waals surface area (Å²) in [6.45, 7) is 2.18. The first-order chi connectivity index (χ1) is 11.6. The quantitative estimate of drug-likeness (QED) is 0.905. The second-order valence-corrected chi connectivity index (χ2v) is 6.87. The van der Waals surface area contributed by atoms with Crippen molar-refractivity contribution in [3.8, 4) is 0 Å². The molecule has 0 atom stereocenters. The fraction of sp³-hybridized carbons (Fsp3) is 0.412. The maximum atomic E-state index is 12.3. The molecule has 2 heterocycles. The summed E-state index contributed by atoms with van der Waals surface area (Å²) in [4.78, 5) is 28.2. The minimum atomic E-state index is -0.292. The van der Waals surface area contributed by atoms with Crippen LogP contribution in [0.15, 0.2) is 23.3 Å². The number of nitrogens with one attached hydrogen (secondary N) is 1. The lowest BCUT2D eigenvalue weighted by Gasteiger charge is -2.18. The second-order valence-electron chi connectivity index (χ2n) is 5.84. The number of amides is 2. The highest BCUT2D eigenvalue weighted by molar-refractivity contribution is 7.22. The van der Waals surface area contributed by atoms with Crippen LogP contribution in [0.25, 0.3) is 10.2 Å². The minimum absolute atomic E-state index is 0.0776. The zero-order valence-electron chi connectivity index (χ0n) is 13.8. The fourth-order valence-electron chi connectivity index (χ4n) is 2.56. The average Bonchev–Trinajstić information content (AvgIpc) is 2.96. The molecule has 1 aromatic carbocycles. The molecular weight excluding hydrogens is 324 g/mol. The number of hydrazone groups is 1. The van der Waals surface area contributed by atoms with Crippen LogP contribution in [0.3, 0.4) is 0 Å². The summed E-state index contributed by atoms with van der Waals surface area (Å²) in [5, 5.41) is 8.60. The van der Waals surface area contributed by atoms with Crippen LogP contribution in [0.2, 0.25) is 0 Å². The van der Waals surface area contributed by atoms with Gasteiger partial charge in [0.1, 0.15) is 5.71 Å². The Bertz CT molecular complexity index is 812. The highest BCUT2D eigenvalue weighted by Crippen LogP contribution is 2.27. The van der Waals surface area contributed by atoms with E-state index in [2.05, 4.69) is 34.5 Å². The summed E-state index contributed by atoms with van der Waals surface area (Å²) in [5.74, 6) is -0.370. The van der Waals surface area contributed by atoms with Gasteiger partial charge >= 0.3 is 0 Å². The maximum Gasteiger partial charge on any atom is 0.273 e. The molecule has 0 radical (unpaired) electrons. The van der Waals surface area contributed by atoms with Gasteiger partial charge in [-0.25, -0.2) is 9.99 Å². The first-order valence-electron chi connectivity index (χ1n) is 8.11. The van der Waals surface area contributed by atoms with E-state index < -0.39 is 0 Å². The number of aryl methyl sites for hydroxylation is 1. The zero-order valence-corrected chi connectivity index (χ0v) is 14.7. The van der Waals surface area contributed by atoms with Crippen molar-refractivity contribution in [3.63, 3.8) is 0 Å². The number of unbranched alkanes of at least 4 members (excludes halogenated alkanes) is 1. The Hall–Kier alpha value is -2.28. The van der Waals surface area contributed by atoms with E-state index in [0.717, 1.165) is 16.6 Å². The molecule has 0 bridgehead atoms. The van der Waals surface area contributed by atoms with Crippen LogP contribution in [-0.4, -0.2) is 34.6 Å². The lowest BCUT2D eigenvalue weighted by atomic mass is 10.1. The topological polar surface area (TPSA) is 74.7 Å². The first kappa shape index (κ1) is 16.6. The Balaban J connectivity index is 1.74. The lowest BCUT2D eigenvalue weighted by Crippen LogP contribution is -2.34. The number of anilines is 1. The molecule has 6 nitrogen and oxygen atoms in total. The molecule has 0 fully saturated rings. The second kappa shape index (κ2) is 7.09. The van der Waals surface area contributed by atoms with Crippen molar-refractivity contribution >= 4 is 44.2 Å². The lowest BCUT2D eigenvalue weighted by molar-refractivity contribution is -0.130. The molecular formula is C17H20N4O2S. The number of hydrogen-bond acceptors (Lipinski definition) is 5. The monoisotopic (exact) mass is 344 g/mol. The van der Waals surface area contributed by atoms with Crippen LogP contribution < -0.4 is 5.32 Å². The molecule has 3 rings (SSSR count). The number of fused-ring (bicyclic) bond motifs is 1. The molecule has 0 saturated heterocycles. The summed E-state index contributed by atoms with van der Waals surface area (Å²) in [7, 11) is 1.56. The molecule has 0 unspecified atom stereocenters. The van der Waals surface area contributed by atoms with Gasteiger partial charge in [-0.15, -0.1) is 0 Å². The zero-order chi connectivity index (χ0) is 17.1. The van der Waals surface area contributed by atoms with Crippen molar-refractivity contribution < 1.29 is 9.59 Å². The Morgan fingerprint density at radius 1 is 1.38 bits per heavy atom. The highest BCUT2D eigenvalue weighted by atomic mass is 32.1. The van der Waals surface area contributed by atoms with E-state index in [4.69, 9.17) is 0 Å². The molecule has 24 heavy (non-hydrogen) atoms. The number of carbonyl (C=O) groups excluding carboxylic acids is 2. The van der Waals surface area contributed by atoms with Crippen molar-refractivity contribution in [1.82, 2.24) is 9.99 Å². The molecule has 1 aliphatic rings.